The molecule has 1 spiro atoms. The third kappa shape index (κ3) is 2.83. The van der Waals surface area contributed by atoms with Crippen LogP contribution in [0.1, 0.15) is 49.3 Å². The number of carbonyl (C=O) groups is 1. The molecule has 3 aromatic rings. The number of ether oxygens (including phenoxy) is 1. The zero-order valence-corrected chi connectivity index (χ0v) is 17.4. The van der Waals surface area contributed by atoms with E-state index in [0.717, 1.165) is 18.4 Å². The number of carbonyl (C=O) groups excluding carboxylic acids is 1. The van der Waals surface area contributed by atoms with Gasteiger partial charge in [0, 0.05) is 25.9 Å². The second-order valence-electron chi connectivity index (χ2n) is 8.71. The fourth-order valence-electron chi connectivity index (χ4n) is 5.47. The van der Waals surface area contributed by atoms with E-state index >= 15 is 0 Å². The average Bonchev–Trinajstić information content (AvgIpc) is 3.51. The van der Waals surface area contributed by atoms with Crippen LogP contribution in [-0.4, -0.2) is 50.3 Å². The highest BCUT2D eigenvalue weighted by Gasteiger charge is 2.58. The number of aromatic nitrogens is 3. The monoisotopic (exact) mass is 439 g/mol. The summed E-state index contributed by atoms with van der Waals surface area (Å²) in [5.41, 5.74) is 0.368. The minimum Gasteiger partial charge on any atom is -0.356 e. The van der Waals surface area contributed by atoms with Crippen molar-refractivity contribution in [3.8, 4) is 0 Å². The van der Waals surface area contributed by atoms with Gasteiger partial charge in [-0.05, 0) is 30.5 Å². The number of hydrogen-bond acceptors (Lipinski definition) is 5. The zero-order chi connectivity index (χ0) is 21.9. The zero-order valence-electron chi connectivity index (χ0n) is 17.4. The second kappa shape index (κ2) is 7.23. The number of anilines is 1. The molecule has 3 aliphatic heterocycles. The van der Waals surface area contributed by atoms with Crippen LogP contribution in [0.4, 0.5) is 14.6 Å². The van der Waals surface area contributed by atoms with Crippen molar-refractivity contribution < 1.29 is 18.3 Å². The van der Waals surface area contributed by atoms with E-state index < -0.39 is 12.0 Å². The van der Waals surface area contributed by atoms with E-state index in [-0.39, 0.29) is 29.4 Å². The molecule has 0 aliphatic carbocycles. The SMILES string of the molecule is O=C1N2[C@@H](CC[C@H]2c2ccccc2)OC12CCN(c1ccc(C(F)F)c3ncnn13)CC2. The molecule has 32 heavy (non-hydrogen) atoms. The van der Waals surface area contributed by atoms with Gasteiger partial charge in [-0.25, -0.2) is 13.8 Å². The molecule has 0 unspecified atom stereocenters. The Balaban J connectivity index is 1.23. The van der Waals surface area contributed by atoms with E-state index in [4.69, 9.17) is 4.74 Å². The molecule has 0 saturated carbocycles. The van der Waals surface area contributed by atoms with Gasteiger partial charge in [-0.1, -0.05) is 30.3 Å². The van der Waals surface area contributed by atoms with Crippen molar-refractivity contribution >= 4 is 17.4 Å². The molecule has 0 radical (unpaired) electrons. The highest BCUT2D eigenvalue weighted by molar-refractivity contribution is 5.88. The first-order valence-corrected chi connectivity index (χ1v) is 11.0. The van der Waals surface area contributed by atoms with Crippen LogP contribution in [0.3, 0.4) is 0 Å². The van der Waals surface area contributed by atoms with Gasteiger partial charge in [0.25, 0.3) is 12.3 Å². The molecule has 1 amide bonds. The number of benzene rings is 1. The van der Waals surface area contributed by atoms with Crippen LogP contribution in [-0.2, 0) is 9.53 Å². The Morgan fingerprint density at radius 3 is 2.59 bits per heavy atom. The van der Waals surface area contributed by atoms with E-state index in [2.05, 4.69) is 27.1 Å². The lowest BCUT2D eigenvalue weighted by Gasteiger charge is -2.38. The van der Waals surface area contributed by atoms with E-state index in [0.29, 0.717) is 31.7 Å². The van der Waals surface area contributed by atoms with Crippen molar-refractivity contribution in [1.29, 1.82) is 0 Å². The fraction of sp³-hybridized carbons (Fsp3) is 0.435. The van der Waals surface area contributed by atoms with Crippen molar-refractivity contribution in [1.82, 2.24) is 19.5 Å². The van der Waals surface area contributed by atoms with Gasteiger partial charge in [-0.2, -0.15) is 9.61 Å². The number of nitrogens with zero attached hydrogens (tertiary/aromatic N) is 5. The predicted octanol–water partition coefficient (Wildman–Crippen LogP) is 3.73. The third-order valence-electron chi connectivity index (χ3n) is 7.07. The number of hydrogen-bond donors (Lipinski definition) is 0. The fourth-order valence-corrected chi connectivity index (χ4v) is 5.47. The van der Waals surface area contributed by atoms with E-state index in [1.165, 1.54) is 16.9 Å². The second-order valence-corrected chi connectivity index (χ2v) is 8.71. The van der Waals surface area contributed by atoms with Gasteiger partial charge >= 0.3 is 0 Å². The Hall–Kier alpha value is -3.07. The molecular formula is C23H23F2N5O2. The highest BCUT2D eigenvalue weighted by atomic mass is 19.3. The quantitative estimate of drug-likeness (QED) is 0.623. The van der Waals surface area contributed by atoms with Gasteiger partial charge < -0.3 is 14.5 Å². The van der Waals surface area contributed by atoms with Gasteiger partial charge in [0.1, 0.15) is 18.4 Å². The summed E-state index contributed by atoms with van der Waals surface area (Å²) in [6, 6.07) is 13.2. The van der Waals surface area contributed by atoms with Crippen LogP contribution in [0.25, 0.3) is 5.65 Å². The number of amides is 1. The molecule has 3 fully saturated rings. The maximum Gasteiger partial charge on any atom is 0.267 e. The summed E-state index contributed by atoms with van der Waals surface area (Å²) in [6.45, 7) is 1.15. The first kappa shape index (κ1) is 19.6. The summed E-state index contributed by atoms with van der Waals surface area (Å²) >= 11 is 0. The van der Waals surface area contributed by atoms with E-state index in [1.54, 1.807) is 6.07 Å². The minimum absolute atomic E-state index is 0.0581. The molecule has 9 heteroatoms. The van der Waals surface area contributed by atoms with Crippen molar-refractivity contribution in [2.24, 2.45) is 0 Å². The molecule has 166 valence electrons. The topological polar surface area (TPSA) is 63.0 Å². The Kier molecular flexibility index (Phi) is 4.43. The smallest absolute Gasteiger partial charge is 0.267 e. The summed E-state index contributed by atoms with van der Waals surface area (Å²) in [4.78, 5) is 21.6. The van der Waals surface area contributed by atoms with Crippen molar-refractivity contribution in [3.05, 3.63) is 59.9 Å². The maximum atomic E-state index is 13.6. The highest BCUT2D eigenvalue weighted by Crippen LogP contribution is 2.47. The summed E-state index contributed by atoms with van der Waals surface area (Å²) in [5.74, 6) is 0.775. The Bertz CT molecular complexity index is 1160. The molecule has 0 bridgehead atoms. The third-order valence-corrected chi connectivity index (χ3v) is 7.07. The number of pyridine rings is 1. The van der Waals surface area contributed by atoms with Gasteiger partial charge in [0.05, 0.1) is 11.6 Å². The predicted molar refractivity (Wildman–Crippen MR) is 112 cm³/mol. The summed E-state index contributed by atoms with van der Waals surface area (Å²) in [7, 11) is 0. The van der Waals surface area contributed by atoms with Crippen LogP contribution in [0.2, 0.25) is 0 Å². The van der Waals surface area contributed by atoms with Crippen molar-refractivity contribution in [3.63, 3.8) is 0 Å². The molecule has 3 saturated heterocycles. The molecule has 5 heterocycles. The number of fused-ring (bicyclic) bond motifs is 2. The molecule has 3 aliphatic rings. The first-order chi connectivity index (χ1) is 15.6. The number of piperidine rings is 1. The van der Waals surface area contributed by atoms with Crippen LogP contribution in [0, 0.1) is 0 Å². The van der Waals surface area contributed by atoms with E-state index in [1.807, 2.05) is 23.1 Å². The van der Waals surface area contributed by atoms with Crippen molar-refractivity contribution in [2.45, 2.75) is 50.0 Å². The molecular weight excluding hydrogens is 416 g/mol. The summed E-state index contributed by atoms with van der Waals surface area (Å²) in [6.07, 6.45) is 1.34. The van der Waals surface area contributed by atoms with Crippen LogP contribution in [0.5, 0.6) is 0 Å². The summed E-state index contributed by atoms with van der Waals surface area (Å²) < 4.78 is 34.5. The normalized spacial score (nSPS) is 24.8. The molecule has 1 aromatic carbocycles. The Labute approximate surface area is 183 Å². The lowest BCUT2D eigenvalue weighted by molar-refractivity contribution is -0.140. The summed E-state index contributed by atoms with van der Waals surface area (Å²) in [5, 5.41) is 4.16. The Morgan fingerprint density at radius 1 is 1.06 bits per heavy atom. The standard InChI is InChI=1S/C23H23F2N5O2/c24-20(25)16-6-8-18(30-21(16)26-14-27-30)28-12-10-23(11-13-28)22(31)29-17(7-9-19(29)32-23)15-4-2-1-3-5-15/h1-6,8,14,17,19-20H,7,9-13H2/t17-,19+/m0/s1. The van der Waals surface area contributed by atoms with E-state index in [9.17, 15) is 13.6 Å². The number of alkyl halides is 2. The Morgan fingerprint density at radius 2 is 1.84 bits per heavy atom. The van der Waals surface area contributed by atoms with Gasteiger partial charge in [0.15, 0.2) is 11.2 Å². The lowest BCUT2D eigenvalue weighted by Crippen LogP contribution is -2.50. The minimum atomic E-state index is -2.61. The van der Waals surface area contributed by atoms with Crippen LogP contribution in [0.15, 0.2) is 48.8 Å². The lowest BCUT2D eigenvalue weighted by atomic mass is 9.89. The average molecular weight is 439 g/mol. The molecule has 7 nitrogen and oxygen atoms in total. The molecule has 2 aromatic heterocycles. The number of halogens is 2. The molecule has 6 rings (SSSR count). The van der Waals surface area contributed by atoms with Gasteiger partial charge in [-0.3, -0.25) is 4.79 Å². The van der Waals surface area contributed by atoms with Gasteiger partial charge in [-0.15, -0.1) is 0 Å². The van der Waals surface area contributed by atoms with Crippen LogP contribution < -0.4 is 4.90 Å². The van der Waals surface area contributed by atoms with Crippen molar-refractivity contribution in [2.75, 3.05) is 18.0 Å². The first-order valence-electron chi connectivity index (χ1n) is 11.0. The van der Waals surface area contributed by atoms with Gasteiger partial charge in [0.2, 0.25) is 0 Å². The molecule has 0 N–H and O–H groups in total. The van der Waals surface area contributed by atoms with Crippen LogP contribution >= 0.6 is 0 Å². The largest absolute Gasteiger partial charge is 0.356 e. The maximum absolute atomic E-state index is 13.6. The molecule has 2 atom stereocenters. The number of rotatable bonds is 3.